The van der Waals surface area contributed by atoms with Crippen molar-refractivity contribution in [3.05, 3.63) is 0 Å². The zero-order chi connectivity index (χ0) is 11.6. The minimum absolute atomic E-state index is 0.0936. The molecule has 1 aliphatic rings. The molecule has 0 aromatic carbocycles. The Morgan fingerprint density at radius 1 is 1.47 bits per heavy atom. The number of amides is 3. The number of nitrogens with one attached hydrogen (secondary N) is 1. The number of hydrogen-bond acceptors (Lipinski definition) is 3. The summed E-state index contributed by atoms with van der Waals surface area (Å²) in [6, 6.07) is -0.356. The highest BCUT2D eigenvalue weighted by Gasteiger charge is 2.41. The lowest BCUT2D eigenvalue weighted by atomic mass is 10.3. The quantitative estimate of drug-likeness (QED) is 0.682. The van der Waals surface area contributed by atoms with Crippen LogP contribution in [0.25, 0.3) is 0 Å². The van der Waals surface area contributed by atoms with Crippen molar-refractivity contribution in [2.24, 2.45) is 0 Å². The lowest BCUT2D eigenvalue weighted by Gasteiger charge is -2.19. The second-order valence-electron chi connectivity index (χ2n) is 3.88. The molecule has 0 aromatic heterocycles. The zero-order valence-electron chi connectivity index (χ0n) is 9.78. The molecular weight excluding hydrogens is 194 g/mol. The number of imide groups is 1. The topological polar surface area (TPSA) is 52.7 Å². The second-order valence-corrected chi connectivity index (χ2v) is 3.88. The lowest BCUT2D eigenvalue weighted by molar-refractivity contribution is -0.128. The van der Waals surface area contributed by atoms with Gasteiger partial charge in [0.15, 0.2) is 0 Å². The Labute approximate surface area is 90.4 Å². The molecule has 0 aliphatic carbocycles. The summed E-state index contributed by atoms with van der Waals surface area (Å²) < 4.78 is 0. The van der Waals surface area contributed by atoms with Gasteiger partial charge in [0, 0.05) is 19.1 Å². The van der Waals surface area contributed by atoms with E-state index in [1.54, 1.807) is 11.8 Å². The molecule has 5 heteroatoms. The van der Waals surface area contributed by atoms with Crippen molar-refractivity contribution < 1.29 is 9.59 Å². The van der Waals surface area contributed by atoms with E-state index in [1.165, 1.54) is 4.90 Å². The van der Waals surface area contributed by atoms with Crippen LogP contribution >= 0.6 is 0 Å². The maximum absolute atomic E-state index is 11.8. The van der Waals surface area contributed by atoms with Crippen LogP contribution in [-0.4, -0.2) is 54.0 Å². The third-order valence-corrected chi connectivity index (χ3v) is 2.86. The normalized spacial score (nSPS) is 23.9. The number of nitrogens with zero attached hydrogens (tertiary/aromatic N) is 2. The van der Waals surface area contributed by atoms with E-state index in [0.717, 1.165) is 0 Å². The largest absolute Gasteiger partial charge is 0.327 e. The molecule has 86 valence electrons. The molecular formula is C10H19N3O2. The Balaban J connectivity index is 2.74. The number of likely N-dealkylation sites (N-methyl/N-ethyl adjacent to an activating group) is 2. The van der Waals surface area contributed by atoms with Gasteiger partial charge in [-0.05, 0) is 27.8 Å². The van der Waals surface area contributed by atoms with Gasteiger partial charge in [-0.25, -0.2) is 4.79 Å². The molecule has 1 N–H and O–H groups in total. The van der Waals surface area contributed by atoms with E-state index in [1.807, 2.05) is 20.9 Å². The maximum Gasteiger partial charge on any atom is 0.327 e. The van der Waals surface area contributed by atoms with Crippen molar-refractivity contribution in [2.75, 3.05) is 20.1 Å². The Bertz CT molecular complexity index is 267. The van der Waals surface area contributed by atoms with Gasteiger partial charge in [0.05, 0.1) is 0 Å². The van der Waals surface area contributed by atoms with Gasteiger partial charge in [0.1, 0.15) is 6.04 Å². The Morgan fingerprint density at radius 3 is 2.47 bits per heavy atom. The first kappa shape index (κ1) is 12.0. The van der Waals surface area contributed by atoms with E-state index in [2.05, 4.69) is 5.32 Å². The van der Waals surface area contributed by atoms with Gasteiger partial charge < -0.3 is 10.2 Å². The van der Waals surface area contributed by atoms with Gasteiger partial charge in [-0.15, -0.1) is 0 Å². The monoisotopic (exact) mass is 213 g/mol. The molecule has 1 rings (SSSR count). The van der Waals surface area contributed by atoms with Crippen LogP contribution in [0.3, 0.4) is 0 Å². The van der Waals surface area contributed by atoms with E-state index in [0.29, 0.717) is 13.1 Å². The highest BCUT2D eigenvalue weighted by atomic mass is 16.2. The Kier molecular flexibility index (Phi) is 3.68. The fourth-order valence-electron chi connectivity index (χ4n) is 1.72. The highest BCUT2D eigenvalue weighted by Crippen LogP contribution is 2.16. The summed E-state index contributed by atoms with van der Waals surface area (Å²) in [6.07, 6.45) is 0. The first-order valence-electron chi connectivity index (χ1n) is 5.32. The highest BCUT2D eigenvalue weighted by molar-refractivity contribution is 6.03. The van der Waals surface area contributed by atoms with Crippen LogP contribution in [-0.2, 0) is 4.79 Å². The smallest absolute Gasteiger partial charge is 0.315 e. The summed E-state index contributed by atoms with van der Waals surface area (Å²) in [7, 11) is 1.82. The molecule has 3 amide bonds. The number of carbonyl (C=O) groups is 2. The molecule has 0 saturated carbocycles. The van der Waals surface area contributed by atoms with Gasteiger partial charge in [0.25, 0.3) is 5.91 Å². The standard InChI is InChI=1S/C10H19N3O2/c1-5-12-8(3)9(14)13(10(12)15)6-7(2)11-4/h7-8,11H,5-6H2,1-4H3. The van der Waals surface area contributed by atoms with Gasteiger partial charge in [-0.2, -0.15) is 0 Å². The second kappa shape index (κ2) is 4.61. The summed E-state index contributed by atoms with van der Waals surface area (Å²) >= 11 is 0. The van der Waals surface area contributed by atoms with Crippen LogP contribution in [0.2, 0.25) is 0 Å². The molecule has 5 nitrogen and oxygen atoms in total. The lowest BCUT2D eigenvalue weighted by Crippen LogP contribution is -2.41. The molecule has 1 aliphatic heterocycles. The molecule has 0 bridgehead atoms. The SMILES string of the molecule is CCN1C(=O)N(CC(C)NC)C(=O)C1C. The third-order valence-electron chi connectivity index (χ3n) is 2.86. The number of rotatable bonds is 4. The Hall–Kier alpha value is -1.10. The fourth-order valence-corrected chi connectivity index (χ4v) is 1.72. The molecule has 1 fully saturated rings. The van der Waals surface area contributed by atoms with Crippen molar-refractivity contribution >= 4 is 11.9 Å². The number of urea groups is 1. The van der Waals surface area contributed by atoms with Crippen LogP contribution in [0.1, 0.15) is 20.8 Å². The fraction of sp³-hybridized carbons (Fsp3) is 0.800. The average Bonchev–Trinajstić information content (AvgIpc) is 2.42. The van der Waals surface area contributed by atoms with E-state index in [4.69, 9.17) is 0 Å². The third kappa shape index (κ3) is 2.12. The van der Waals surface area contributed by atoms with Gasteiger partial charge in [-0.3, -0.25) is 9.69 Å². The minimum Gasteiger partial charge on any atom is -0.315 e. The molecule has 2 unspecified atom stereocenters. The van der Waals surface area contributed by atoms with Crippen molar-refractivity contribution in [1.29, 1.82) is 0 Å². The molecule has 0 aromatic rings. The van der Waals surface area contributed by atoms with Crippen molar-refractivity contribution in [3.8, 4) is 0 Å². The minimum atomic E-state index is -0.313. The van der Waals surface area contributed by atoms with Crippen LogP contribution in [0.5, 0.6) is 0 Å². The van der Waals surface area contributed by atoms with Crippen LogP contribution in [0, 0.1) is 0 Å². The first-order valence-corrected chi connectivity index (χ1v) is 5.32. The van der Waals surface area contributed by atoms with E-state index in [-0.39, 0.29) is 24.0 Å². The van der Waals surface area contributed by atoms with Gasteiger partial charge >= 0.3 is 6.03 Å². The number of carbonyl (C=O) groups excluding carboxylic acids is 2. The van der Waals surface area contributed by atoms with Gasteiger partial charge in [-0.1, -0.05) is 0 Å². The van der Waals surface area contributed by atoms with Crippen LogP contribution in [0.4, 0.5) is 4.79 Å². The first-order chi connectivity index (χ1) is 7.02. The molecule has 2 atom stereocenters. The zero-order valence-corrected chi connectivity index (χ0v) is 9.78. The summed E-state index contributed by atoms with van der Waals surface area (Å²) in [5.74, 6) is -0.0936. The molecule has 1 saturated heterocycles. The van der Waals surface area contributed by atoms with Crippen LogP contribution in [0.15, 0.2) is 0 Å². The molecule has 0 spiro atoms. The number of hydrogen-bond donors (Lipinski definition) is 1. The summed E-state index contributed by atoms with van der Waals surface area (Å²) in [4.78, 5) is 26.5. The summed E-state index contributed by atoms with van der Waals surface area (Å²) in [5, 5.41) is 3.02. The summed E-state index contributed by atoms with van der Waals surface area (Å²) in [6.45, 7) is 6.62. The van der Waals surface area contributed by atoms with E-state index in [9.17, 15) is 9.59 Å². The average molecular weight is 213 g/mol. The Morgan fingerprint density at radius 2 is 2.07 bits per heavy atom. The molecule has 15 heavy (non-hydrogen) atoms. The van der Waals surface area contributed by atoms with E-state index < -0.39 is 0 Å². The van der Waals surface area contributed by atoms with Crippen molar-refractivity contribution in [3.63, 3.8) is 0 Å². The molecule has 1 heterocycles. The van der Waals surface area contributed by atoms with Crippen LogP contribution < -0.4 is 5.32 Å². The predicted molar refractivity (Wildman–Crippen MR) is 57.5 cm³/mol. The predicted octanol–water partition coefficient (Wildman–Crippen LogP) is 0.267. The van der Waals surface area contributed by atoms with Crippen molar-refractivity contribution in [1.82, 2.24) is 15.1 Å². The summed E-state index contributed by atoms with van der Waals surface area (Å²) in [5.41, 5.74) is 0. The molecule has 0 radical (unpaired) electrons. The van der Waals surface area contributed by atoms with Gasteiger partial charge in [0.2, 0.25) is 0 Å². The van der Waals surface area contributed by atoms with E-state index >= 15 is 0 Å². The van der Waals surface area contributed by atoms with Crippen molar-refractivity contribution in [2.45, 2.75) is 32.9 Å². The maximum atomic E-state index is 11.8.